The molecule has 4 aliphatic rings. The summed E-state index contributed by atoms with van der Waals surface area (Å²) >= 11 is 7.92. The molecule has 42 heavy (non-hydrogen) atoms. The summed E-state index contributed by atoms with van der Waals surface area (Å²) in [6, 6.07) is 4.23. The quantitative estimate of drug-likeness (QED) is 0.423. The molecule has 3 aliphatic heterocycles. The van der Waals surface area contributed by atoms with Crippen LogP contribution in [0.1, 0.15) is 48.1 Å². The largest absolute Gasteiger partial charge is 0.392 e. The third-order valence-electron chi connectivity index (χ3n) is 8.62. The normalized spacial score (nSPS) is 27.1. The monoisotopic (exact) mass is 617 g/mol. The van der Waals surface area contributed by atoms with Gasteiger partial charge in [0.15, 0.2) is 10.8 Å². The average Bonchev–Trinajstić information content (AvgIpc) is 3.75. The number of thiazole rings is 1. The third kappa shape index (κ3) is 4.77. The van der Waals surface area contributed by atoms with Crippen LogP contribution in [0.4, 0.5) is 18.0 Å². The smallest absolute Gasteiger partial charge is 0.333 e. The summed E-state index contributed by atoms with van der Waals surface area (Å²) in [6.07, 6.45) is 4.72. The molecular formula is C28H27ClF3N7O2S. The van der Waals surface area contributed by atoms with Gasteiger partial charge in [0, 0.05) is 77.5 Å². The van der Waals surface area contributed by atoms with Crippen LogP contribution >= 0.6 is 22.9 Å². The van der Waals surface area contributed by atoms with E-state index in [-0.39, 0.29) is 40.7 Å². The van der Waals surface area contributed by atoms with Crippen molar-refractivity contribution in [1.29, 1.82) is 0 Å². The van der Waals surface area contributed by atoms with Gasteiger partial charge in [0.2, 0.25) is 0 Å². The first-order valence-electron chi connectivity index (χ1n) is 13.8. The summed E-state index contributed by atoms with van der Waals surface area (Å²) in [7, 11) is 0. The highest BCUT2D eigenvalue weighted by Crippen LogP contribution is 2.46. The number of nitrogens with one attached hydrogen (secondary N) is 1. The minimum atomic E-state index is -2.83. The SMILES string of the molecule is O=C(N[C@H]1CC2=C(c3ccn(C(F)F)n3)[C@H](c3ccc(F)cc3Cl)N=C(c3nccs3)N2C1)N1C[C@H]2CC[C@@H](C1)[C@H]2O. The molecule has 2 saturated heterocycles. The molecule has 2 aromatic heterocycles. The van der Waals surface area contributed by atoms with E-state index in [0.717, 1.165) is 18.5 Å². The van der Waals surface area contributed by atoms with Crippen LogP contribution < -0.4 is 5.32 Å². The number of hydrogen-bond acceptors (Lipinski definition) is 7. The van der Waals surface area contributed by atoms with Crippen LogP contribution in [-0.2, 0) is 0 Å². The number of likely N-dealkylation sites (tertiary alicyclic amines) is 1. The van der Waals surface area contributed by atoms with Gasteiger partial charge in [-0.05, 0) is 31.0 Å². The number of alkyl halides is 2. The van der Waals surface area contributed by atoms with Gasteiger partial charge in [0.05, 0.1) is 17.8 Å². The number of benzene rings is 1. The number of fused-ring (bicyclic) bond motifs is 3. The Labute approximate surface area is 248 Å². The summed E-state index contributed by atoms with van der Waals surface area (Å²) in [4.78, 5) is 26.6. The maximum absolute atomic E-state index is 14.0. The van der Waals surface area contributed by atoms with Crippen molar-refractivity contribution in [2.75, 3.05) is 19.6 Å². The molecule has 2 N–H and O–H groups in total. The summed E-state index contributed by atoms with van der Waals surface area (Å²) in [5.41, 5.74) is 2.09. The van der Waals surface area contributed by atoms with E-state index in [1.165, 1.54) is 35.7 Å². The standard InChI is InChI=1S/C28H27ClF3N7O2S/c29-19-9-16(30)3-4-18(19)23-22(20-5-7-39(36-20)27(31)32)21-10-17(13-38(21)25(35-23)26-33-6-8-42-26)34-28(41)37-11-14-1-2-15(12-37)24(14)40/h3-9,14-15,17,23-24,27,40H,1-2,10-13H2,(H,34,41)/t14-,15+,17-,23-,24+/m0/s1. The molecule has 9 nitrogen and oxygen atoms in total. The van der Waals surface area contributed by atoms with Gasteiger partial charge in [-0.25, -0.2) is 18.9 Å². The van der Waals surface area contributed by atoms with Crippen molar-refractivity contribution in [2.45, 2.75) is 44.0 Å². The molecule has 1 aliphatic carbocycles. The highest BCUT2D eigenvalue weighted by molar-refractivity contribution is 7.11. The average molecular weight is 618 g/mol. The van der Waals surface area contributed by atoms with Gasteiger partial charge in [-0.2, -0.15) is 13.9 Å². The Bertz CT molecular complexity index is 1560. The Morgan fingerprint density at radius 2 is 1.95 bits per heavy atom. The molecule has 7 rings (SSSR count). The molecule has 1 aromatic carbocycles. The molecule has 14 heteroatoms. The second kappa shape index (κ2) is 10.7. The van der Waals surface area contributed by atoms with E-state index in [1.54, 1.807) is 17.2 Å². The van der Waals surface area contributed by atoms with Gasteiger partial charge in [0.25, 0.3) is 0 Å². The van der Waals surface area contributed by atoms with Crippen molar-refractivity contribution >= 4 is 40.4 Å². The highest BCUT2D eigenvalue weighted by Gasteiger charge is 2.44. The molecule has 5 heterocycles. The van der Waals surface area contributed by atoms with Crippen molar-refractivity contribution in [3.63, 3.8) is 0 Å². The van der Waals surface area contributed by atoms with Crippen LogP contribution in [-0.4, -0.2) is 73.3 Å². The lowest BCUT2D eigenvalue weighted by molar-refractivity contribution is 0.0299. The molecule has 0 spiro atoms. The lowest BCUT2D eigenvalue weighted by Crippen LogP contribution is -2.53. The van der Waals surface area contributed by atoms with Crippen LogP contribution in [0, 0.1) is 17.7 Å². The van der Waals surface area contributed by atoms with Gasteiger partial charge in [0.1, 0.15) is 11.9 Å². The van der Waals surface area contributed by atoms with E-state index >= 15 is 0 Å². The van der Waals surface area contributed by atoms with Gasteiger partial charge in [-0.3, -0.25) is 4.99 Å². The fourth-order valence-electron chi connectivity index (χ4n) is 6.68. The van der Waals surface area contributed by atoms with Crippen molar-refractivity contribution in [3.05, 3.63) is 74.8 Å². The Kier molecular flexibility index (Phi) is 6.98. The zero-order valence-corrected chi connectivity index (χ0v) is 23.8. The number of urea groups is 1. The first-order valence-corrected chi connectivity index (χ1v) is 15.0. The predicted molar refractivity (Wildman–Crippen MR) is 151 cm³/mol. The maximum Gasteiger partial charge on any atom is 0.333 e. The zero-order valence-electron chi connectivity index (χ0n) is 22.2. The molecule has 0 radical (unpaired) electrons. The molecule has 2 amide bonds. The van der Waals surface area contributed by atoms with E-state index in [0.29, 0.717) is 52.7 Å². The molecule has 3 fully saturated rings. The van der Waals surface area contributed by atoms with Crippen LogP contribution in [0.5, 0.6) is 0 Å². The van der Waals surface area contributed by atoms with Crippen molar-refractivity contribution in [3.8, 4) is 0 Å². The van der Waals surface area contributed by atoms with E-state index in [4.69, 9.17) is 16.6 Å². The summed E-state index contributed by atoms with van der Waals surface area (Å²) in [5, 5.41) is 20.3. The highest BCUT2D eigenvalue weighted by atomic mass is 35.5. The lowest BCUT2D eigenvalue weighted by atomic mass is 9.92. The number of aliphatic hydroxyl groups excluding tert-OH is 1. The van der Waals surface area contributed by atoms with Crippen LogP contribution in [0.25, 0.3) is 5.57 Å². The first-order chi connectivity index (χ1) is 20.3. The van der Waals surface area contributed by atoms with E-state index in [9.17, 15) is 23.1 Å². The number of amidine groups is 1. The van der Waals surface area contributed by atoms with E-state index < -0.39 is 18.4 Å². The maximum atomic E-state index is 14.0. The fourth-order valence-corrected chi connectivity index (χ4v) is 7.59. The molecule has 2 bridgehead atoms. The van der Waals surface area contributed by atoms with Gasteiger partial charge < -0.3 is 20.2 Å². The number of rotatable bonds is 5. The van der Waals surface area contributed by atoms with E-state index in [2.05, 4.69) is 15.4 Å². The number of piperidine rings is 1. The Balaban J connectivity index is 1.28. The number of halogens is 4. The number of nitrogens with zero attached hydrogens (tertiary/aromatic N) is 6. The molecule has 0 unspecified atom stereocenters. The van der Waals surface area contributed by atoms with E-state index in [1.807, 2.05) is 10.3 Å². The Morgan fingerprint density at radius 1 is 1.17 bits per heavy atom. The Morgan fingerprint density at radius 3 is 2.62 bits per heavy atom. The zero-order chi connectivity index (χ0) is 29.1. The second-order valence-electron chi connectivity index (χ2n) is 11.1. The fraction of sp³-hybridized carbons (Fsp3) is 0.429. The molecule has 1 saturated carbocycles. The summed E-state index contributed by atoms with van der Waals surface area (Å²) < 4.78 is 41.7. The minimum Gasteiger partial charge on any atom is -0.392 e. The number of carbonyl (C=O) groups is 1. The lowest BCUT2D eigenvalue weighted by Gasteiger charge is -2.36. The van der Waals surface area contributed by atoms with Crippen molar-refractivity contribution < 1.29 is 23.1 Å². The molecular weight excluding hydrogens is 591 g/mol. The van der Waals surface area contributed by atoms with Gasteiger partial charge in [-0.15, -0.1) is 11.3 Å². The molecule has 220 valence electrons. The van der Waals surface area contributed by atoms with Crippen LogP contribution in [0.15, 0.2) is 52.7 Å². The second-order valence-corrected chi connectivity index (χ2v) is 12.4. The van der Waals surface area contributed by atoms with Crippen molar-refractivity contribution in [1.82, 2.24) is 29.9 Å². The third-order valence-corrected chi connectivity index (χ3v) is 9.72. The van der Waals surface area contributed by atoms with Gasteiger partial charge >= 0.3 is 12.6 Å². The molecule has 3 aromatic rings. The minimum absolute atomic E-state index is 0.0912. The Hall–Kier alpha value is -3.42. The van der Waals surface area contributed by atoms with Crippen molar-refractivity contribution in [2.24, 2.45) is 16.8 Å². The van der Waals surface area contributed by atoms with Gasteiger partial charge in [-0.1, -0.05) is 17.7 Å². The number of amides is 2. The van der Waals surface area contributed by atoms with Crippen LogP contribution in [0.3, 0.4) is 0 Å². The number of carbonyl (C=O) groups excluding carboxylic acids is 1. The van der Waals surface area contributed by atoms with Crippen LogP contribution in [0.2, 0.25) is 5.02 Å². The topological polar surface area (TPSA) is 98.9 Å². The number of aliphatic hydroxyl groups is 1. The number of aliphatic imine (C=N–C) groups is 1. The summed E-state index contributed by atoms with van der Waals surface area (Å²) in [6.45, 7) is -1.43. The first kappa shape index (κ1) is 27.4. The predicted octanol–water partition coefficient (Wildman–Crippen LogP) is 4.93. The summed E-state index contributed by atoms with van der Waals surface area (Å²) in [5.74, 6) is 0.226. The molecule has 5 atom stereocenters. The number of aromatic nitrogens is 3. The number of hydrogen-bond donors (Lipinski definition) is 2.